The highest BCUT2D eigenvalue weighted by atomic mass is 16.5. The summed E-state index contributed by atoms with van der Waals surface area (Å²) in [6.45, 7) is 0. The number of aliphatic carboxylic acids is 1. The lowest BCUT2D eigenvalue weighted by Crippen LogP contribution is -1.99. The molecule has 0 radical (unpaired) electrons. The number of carboxylic acid groups (broad SMARTS) is 1. The lowest BCUT2D eigenvalue weighted by atomic mass is 10.1. The lowest BCUT2D eigenvalue weighted by molar-refractivity contribution is -0.140. The minimum atomic E-state index is -0.722. The van der Waals surface area contributed by atoms with E-state index in [2.05, 4.69) is 10.8 Å². The highest BCUT2D eigenvalue weighted by molar-refractivity contribution is 5.69. The number of unbranched alkanes of at least 4 members (excludes halogenated alkanes) is 2. The second-order valence-electron chi connectivity index (χ2n) is 7.09. The Labute approximate surface area is 185 Å². The Bertz CT molecular complexity index is 787. The van der Waals surface area contributed by atoms with Crippen LogP contribution in [0.25, 0.3) is 0 Å². The molecule has 170 valence electrons. The average Bonchev–Trinajstić information content (AvgIpc) is 2.80. The van der Waals surface area contributed by atoms with Crippen molar-refractivity contribution in [3.8, 4) is 11.5 Å². The smallest absolute Gasteiger partial charge is 0.305 e. The van der Waals surface area contributed by atoms with E-state index in [1.54, 1.807) is 14.2 Å². The van der Waals surface area contributed by atoms with Crippen molar-refractivity contribution in [2.24, 2.45) is 0 Å². The maximum Gasteiger partial charge on any atom is 0.305 e. The Morgan fingerprint density at radius 3 is 1.65 bits per heavy atom. The summed E-state index contributed by atoms with van der Waals surface area (Å²) >= 11 is 0. The minimum absolute atomic E-state index is 0.134. The first kappa shape index (κ1) is 26.0. The summed E-state index contributed by atoms with van der Waals surface area (Å²) < 4.78 is 14.8. The summed E-state index contributed by atoms with van der Waals surface area (Å²) in [5.41, 5.74) is 2.43. The van der Waals surface area contributed by atoms with Crippen molar-refractivity contribution in [2.45, 2.75) is 51.4 Å². The molecule has 31 heavy (non-hydrogen) atoms. The van der Waals surface area contributed by atoms with Crippen LogP contribution >= 0.6 is 0 Å². The van der Waals surface area contributed by atoms with Crippen molar-refractivity contribution in [1.82, 2.24) is 0 Å². The summed E-state index contributed by atoms with van der Waals surface area (Å²) in [6, 6.07) is 15.9. The minimum Gasteiger partial charge on any atom is -0.497 e. The second-order valence-corrected chi connectivity index (χ2v) is 7.09. The summed E-state index contributed by atoms with van der Waals surface area (Å²) in [4.78, 5) is 21.2. The van der Waals surface area contributed by atoms with Gasteiger partial charge in [-0.3, -0.25) is 9.59 Å². The number of hydrogen-bond acceptors (Lipinski definition) is 5. The van der Waals surface area contributed by atoms with Gasteiger partial charge in [-0.05, 0) is 73.9 Å². The molecule has 0 aromatic heterocycles. The fraction of sp³-hybridized carbons (Fsp3) is 0.440. The molecule has 6 heteroatoms. The van der Waals surface area contributed by atoms with Crippen LogP contribution in [0.5, 0.6) is 11.5 Å². The molecular formula is C25H34O6. The molecule has 0 bridgehead atoms. The van der Waals surface area contributed by atoms with Gasteiger partial charge in [0, 0.05) is 12.8 Å². The molecule has 0 saturated carbocycles. The molecule has 0 heterocycles. The average molecular weight is 431 g/mol. The number of esters is 1. The van der Waals surface area contributed by atoms with Gasteiger partial charge in [-0.1, -0.05) is 24.3 Å². The van der Waals surface area contributed by atoms with Gasteiger partial charge in [0.15, 0.2) is 0 Å². The third-order valence-corrected chi connectivity index (χ3v) is 4.70. The summed E-state index contributed by atoms with van der Waals surface area (Å²) in [5, 5.41) is 8.47. The van der Waals surface area contributed by atoms with Gasteiger partial charge in [0.05, 0.1) is 21.3 Å². The molecule has 2 aromatic carbocycles. The third kappa shape index (κ3) is 12.3. The van der Waals surface area contributed by atoms with Crippen molar-refractivity contribution in [2.75, 3.05) is 21.3 Å². The van der Waals surface area contributed by atoms with Crippen molar-refractivity contribution < 1.29 is 28.9 Å². The first-order valence-electron chi connectivity index (χ1n) is 10.5. The molecule has 2 aromatic rings. The zero-order valence-corrected chi connectivity index (χ0v) is 18.8. The van der Waals surface area contributed by atoms with Gasteiger partial charge in [-0.2, -0.15) is 0 Å². The van der Waals surface area contributed by atoms with Gasteiger partial charge >= 0.3 is 11.9 Å². The van der Waals surface area contributed by atoms with Crippen LogP contribution in [0.2, 0.25) is 0 Å². The number of carbonyl (C=O) groups is 2. The molecule has 0 atom stereocenters. The number of aryl methyl sites for hydroxylation is 2. The molecule has 0 saturated heterocycles. The third-order valence-electron chi connectivity index (χ3n) is 4.70. The molecule has 1 N–H and O–H groups in total. The highest BCUT2D eigenvalue weighted by Crippen LogP contribution is 2.15. The van der Waals surface area contributed by atoms with Crippen LogP contribution in [0.4, 0.5) is 0 Å². The number of carboxylic acids is 1. The Kier molecular flexibility index (Phi) is 13.2. The van der Waals surface area contributed by atoms with Crippen LogP contribution in [-0.4, -0.2) is 38.4 Å². The van der Waals surface area contributed by atoms with Crippen LogP contribution in [-0.2, 0) is 27.2 Å². The van der Waals surface area contributed by atoms with Gasteiger partial charge in [0.25, 0.3) is 0 Å². The van der Waals surface area contributed by atoms with Crippen LogP contribution in [0.3, 0.4) is 0 Å². The van der Waals surface area contributed by atoms with E-state index in [1.165, 1.54) is 18.2 Å². The Balaban J connectivity index is 0.000000311. The zero-order chi connectivity index (χ0) is 22.9. The fourth-order valence-electron chi connectivity index (χ4n) is 2.96. The molecule has 0 unspecified atom stereocenters. The topological polar surface area (TPSA) is 82.1 Å². The molecule has 0 aliphatic rings. The molecule has 0 spiro atoms. The predicted molar refractivity (Wildman–Crippen MR) is 121 cm³/mol. The molecule has 0 aliphatic heterocycles. The Morgan fingerprint density at radius 1 is 0.742 bits per heavy atom. The standard InChI is InChI=1S/C13H18O3.C12H16O3/c1-15-12-8-5-7-11(10-12)6-3-4-9-13(14)16-2;1-15-11-7-4-6-10(9-11)5-2-3-8-12(13)14/h5,7-8,10H,3-4,6,9H2,1-2H3;4,6-7,9H,2-3,5,8H2,1H3,(H,13,14). The molecule has 2 rings (SSSR count). The van der Waals surface area contributed by atoms with Crippen molar-refractivity contribution >= 4 is 11.9 Å². The van der Waals surface area contributed by atoms with E-state index in [4.69, 9.17) is 14.6 Å². The Hall–Kier alpha value is -3.02. The zero-order valence-electron chi connectivity index (χ0n) is 18.8. The van der Waals surface area contributed by atoms with Gasteiger partial charge in [-0.15, -0.1) is 0 Å². The SMILES string of the molecule is COC(=O)CCCCc1cccc(OC)c1.COc1cccc(CCCCC(=O)O)c1. The monoisotopic (exact) mass is 430 g/mol. The van der Waals surface area contributed by atoms with E-state index in [-0.39, 0.29) is 12.4 Å². The summed E-state index contributed by atoms with van der Waals surface area (Å²) in [7, 11) is 4.73. The molecular weight excluding hydrogens is 396 g/mol. The quantitative estimate of drug-likeness (QED) is 0.374. The number of rotatable bonds is 12. The van der Waals surface area contributed by atoms with E-state index >= 15 is 0 Å². The van der Waals surface area contributed by atoms with Gasteiger partial charge in [0.1, 0.15) is 11.5 Å². The van der Waals surface area contributed by atoms with Crippen LogP contribution < -0.4 is 9.47 Å². The Morgan fingerprint density at radius 2 is 1.23 bits per heavy atom. The number of methoxy groups -OCH3 is 3. The van der Waals surface area contributed by atoms with E-state index in [9.17, 15) is 9.59 Å². The van der Waals surface area contributed by atoms with Crippen molar-refractivity contribution in [1.29, 1.82) is 0 Å². The molecule has 6 nitrogen and oxygen atoms in total. The van der Waals surface area contributed by atoms with Crippen LogP contribution in [0.15, 0.2) is 48.5 Å². The molecule has 0 aliphatic carbocycles. The number of ether oxygens (including phenoxy) is 3. The van der Waals surface area contributed by atoms with Crippen molar-refractivity contribution in [3.63, 3.8) is 0 Å². The van der Waals surface area contributed by atoms with E-state index in [1.807, 2.05) is 42.5 Å². The first-order chi connectivity index (χ1) is 15.0. The van der Waals surface area contributed by atoms with E-state index < -0.39 is 5.97 Å². The van der Waals surface area contributed by atoms with E-state index in [0.717, 1.165) is 50.0 Å². The largest absolute Gasteiger partial charge is 0.497 e. The molecule has 0 fully saturated rings. The van der Waals surface area contributed by atoms with Gasteiger partial charge in [0.2, 0.25) is 0 Å². The first-order valence-corrected chi connectivity index (χ1v) is 10.5. The maximum atomic E-state index is 10.9. The van der Waals surface area contributed by atoms with Crippen LogP contribution in [0, 0.1) is 0 Å². The number of carbonyl (C=O) groups excluding carboxylic acids is 1. The number of hydrogen-bond donors (Lipinski definition) is 1. The predicted octanol–water partition coefficient (Wildman–Crippen LogP) is 5.07. The van der Waals surface area contributed by atoms with Gasteiger partial charge in [-0.25, -0.2) is 0 Å². The van der Waals surface area contributed by atoms with E-state index in [0.29, 0.717) is 6.42 Å². The highest BCUT2D eigenvalue weighted by Gasteiger charge is 2.01. The maximum absolute atomic E-state index is 10.9. The lowest BCUT2D eigenvalue weighted by Gasteiger charge is -2.04. The normalized spacial score (nSPS) is 9.90. The fourth-order valence-corrected chi connectivity index (χ4v) is 2.96. The van der Waals surface area contributed by atoms with Crippen molar-refractivity contribution in [3.05, 3.63) is 59.7 Å². The number of benzene rings is 2. The molecule has 0 amide bonds. The summed E-state index contributed by atoms with van der Waals surface area (Å²) in [5.74, 6) is 0.877. The van der Waals surface area contributed by atoms with Crippen LogP contribution in [0.1, 0.15) is 49.7 Å². The van der Waals surface area contributed by atoms with Gasteiger partial charge < -0.3 is 19.3 Å². The summed E-state index contributed by atoms with van der Waals surface area (Å²) in [6.07, 6.45) is 6.11. The second kappa shape index (κ2) is 15.8.